The number of hydrogen-bond donors (Lipinski definition) is 2. The minimum atomic E-state index is -0.978. The largest absolute Gasteiger partial charge is 0.379 e. The first-order valence-electron chi connectivity index (χ1n) is 9.52. The summed E-state index contributed by atoms with van der Waals surface area (Å²) in [4.78, 5) is 23.7. The highest BCUT2D eigenvalue weighted by Crippen LogP contribution is 2.33. The lowest BCUT2D eigenvalue weighted by molar-refractivity contribution is -0.140. The lowest BCUT2D eigenvalue weighted by atomic mass is 10.1. The molecule has 1 atom stereocenters. The number of carbonyl (C=O) groups excluding carboxylic acids is 2. The van der Waals surface area contributed by atoms with E-state index in [1.54, 1.807) is 13.8 Å². The Morgan fingerprint density at radius 1 is 0.926 bits per heavy atom. The molecular formula is C18H37N2O6P. The Labute approximate surface area is 164 Å². The lowest BCUT2D eigenvalue weighted by Gasteiger charge is -2.26. The molecule has 0 aliphatic heterocycles. The van der Waals surface area contributed by atoms with Gasteiger partial charge in [0.05, 0.1) is 34.3 Å². The number of amides is 2. The third-order valence-electron chi connectivity index (χ3n) is 3.39. The van der Waals surface area contributed by atoms with E-state index in [0.717, 1.165) is 19.4 Å². The molecular weight excluding hydrogens is 371 g/mol. The van der Waals surface area contributed by atoms with Crippen molar-refractivity contribution in [1.82, 2.24) is 10.6 Å². The van der Waals surface area contributed by atoms with Gasteiger partial charge < -0.3 is 29.4 Å². The average Bonchev–Trinajstić information content (AvgIpc) is 2.64. The number of hydrogen-bond acceptors (Lipinski definition) is 6. The molecule has 0 heterocycles. The second-order valence-corrected chi connectivity index (χ2v) is 8.29. The van der Waals surface area contributed by atoms with Crippen LogP contribution in [0.3, 0.4) is 0 Å². The van der Waals surface area contributed by atoms with Crippen LogP contribution in [0.2, 0.25) is 0 Å². The van der Waals surface area contributed by atoms with E-state index in [9.17, 15) is 9.59 Å². The van der Waals surface area contributed by atoms with Gasteiger partial charge in [0.2, 0.25) is 5.91 Å². The van der Waals surface area contributed by atoms with Crippen molar-refractivity contribution in [3.05, 3.63) is 0 Å². The van der Waals surface area contributed by atoms with E-state index in [2.05, 4.69) is 17.6 Å². The van der Waals surface area contributed by atoms with Crippen LogP contribution in [0.25, 0.3) is 0 Å². The van der Waals surface area contributed by atoms with E-state index in [1.807, 2.05) is 13.6 Å². The quantitative estimate of drug-likeness (QED) is 0.282. The Balaban J connectivity index is 3.85. The smallest absolute Gasteiger partial charge is 0.251 e. The van der Waals surface area contributed by atoms with Crippen molar-refractivity contribution in [2.24, 2.45) is 0 Å². The predicted molar refractivity (Wildman–Crippen MR) is 107 cm³/mol. The maximum atomic E-state index is 12.2. The Kier molecular flexibility index (Phi) is 15.7. The standard InChI is InChI=1S/C18H37N2O6P/c1-6-8-19-16(21)14-26-27(5)15-25-18(3,4)17(22)20-9-11-24-13-12-23-10-7-2/h6-15H2,1-5H3,(H,19,21)(H,20,22). The van der Waals surface area contributed by atoms with Crippen molar-refractivity contribution >= 4 is 20.0 Å². The predicted octanol–water partition coefficient (Wildman–Crippen LogP) is 1.87. The summed E-state index contributed by atoms with van der Waals surface area (Å²) >= 11 is 0. The molecule has 0 saturated carbocycles. The minimum Gasteiger partial charge on any atom is -0.379 e. The molecule has 2 amide bonds. The molecule has 1 unspecified atom stereocenters. The second kappa shape index (κ2) is 16.2. The zero-order chi connectivity index (χ0) is 20.5. The fourth-order valence-corrected chi connectivity index (χ4v) is 2.67. The van der Waals surface area contributed by atoms with Gasteiger partial charge >= 0.3 is 0 Å². The van der Waals surface area contributed by atoms with Crippen LogP contribution in [0.15, 0.2) is 0 Å². The van der Waals surface area contributed by atoms with Crippen molar-refractivity contribution in [1.29, 1.82) is 0 Å². The summed E-state index contributed by atoms with van der Waals surface area (Å²) in [5.41, 5.74) is -0.978. The maximum Gasteiger partial charge on any atom is 0.251 e. The van der Waals surface area contributed by atoms with E-state index >= 15 is 0 Å². The lowest BCUT2D eigenvalue weighted by Crippen LogP contribution is -2.45. The molecule has 0 aromatic carbocycles. The summed E-state index contributed by atoms with van der Waals surface area (Å²) in [7, 11) is -0.945. The van der Waals surface area contributed by atoms with Crippen LogP contribution in [0.4, 0.5) is 0 Å². The Hall–Kier alpha value is -0.790. The monoisotopic (exact) mass is 408 g/mol. The van der Waals surface area contributed by atoms with Crippen LogP contribution in [-0.4, -0.2) is 76.6 Å². The van der Waals surface area contributed by atoms with Gasteiger partial charge in [0, 0.05) is 19.7 Å². The first kappa shape index (κ1) is 26.2. The molecule has 0 radical (unpaired) electrons. The van der Waals surface area contributed by atoms with E-state index < -0.39 is 13.7 Å². The van der Waals surface area contributed by atoms with Gasteiger partial charge in [0.25, 0.3) is 5.91 Å². The molecule has 0 spiro atoms. The molecule has 2 N–H and O–H groups in total. The van der Waals surface area contributed by atoms with Crippen LogP contribution in [0, 0.1) is 0 Å². The highest BCUT2D eigenvalue weighted by molar-refractivity contribution is 7.51. The topological polar surface area (TPSA) is 95.1 Å². The van der Waals surface area contributed by atoms with Gasteiger partial charge in [-0.25, -0.2) is 0 Å². The highest BCUT2D eigenvalue weighted by atomic mass is 31.1. The number of carbonyl (C=O) groups is 2. The number of ether oxygens (including phenoxy) is 3. The van der Waals surface area contributed by atoms with Crippen molar-refractivity contribution in [3.8, 4) is 0 Å². The molecule has 0 aliphatic rings. The zero-order valence-electron chi connectivity index (χ0n) is 17.5. The van der Waals surface area contributed by atoms with E-state index in [1.165, 1.54) is 0 Å². The van der Waals surface area contributed by atoms with Gasteiger partial charge in [-0.1, -0.05) is 13.8 Å². The van der Waals surface area contributed by atoms with E-state index in [-0.39, 0.29) is 24.8 Å². The highest BCUT2D eigenvalue weighted by Gasteiger charge is 2.29. The molecule has 9 heteroatoms. The van der Waals surface area contributed by atoms with Crippen molar-refractivity contribution in [2.45, 2.75) is 46.1 Å². The minimum absolute atomic E-state index is 0.0114. The summed E-state index contributed by atoms with van der Waals surface area (Å²) in [6.07, 6.45) is 2.15. The Morgan fingerprint density at radius 2 is 1.59 bits per heavy atom. The van der Waals surface area contributed by atoms with Gasteiger partial charge in [-0.05, 0) is 33.4 Å². The summed E-state index contributed by atoms with van der Waals surface area (Å²) in [6.45, 7) is 12.6. The van der Waals surface area contributed by atoms with Crippen molar-refractivity contribution < 1.29 is 28.3 Å². The van der Waals surface area contributed by atoms with Gasteiger partial charge in [-0.2, -0.15) is 0 Å². The van der Waals surface area contributed by atoms with Gasteiger partial charge in [0.1, 0.15) is 12.2 Å². The molecule has 0 fully saturated rings. The van der Waals surface area contributed by atoms with Crippen LogP contribution in [0.5, 0.6) is 0 Å². The van der Waals surface area contributed by atoms with Gasteiger partial charge in [-0.3, -0.25) is 9.59 Å². The molecule has 0 saturated heterocycles. The Bertz CT molecular complexity index is 409. The summed E-state index contributed by atoms with van der Waals surface area (Å²) in [6, 6.07) is 0. The fourth-order valence-electron chi connectivity index (χ4n) is 1.76. The van der Waals surface area contributed by atoms with E-state index in [4.69, 9.17) is 18.7 Å². The van der Waals surface area contributed by atoms with E-state index in [0.29, 0.717) is 32.9 Å². The fraction of sp³-hybridized carbons (Fsp3) is 0.889. The van der Waals surface area contributed by atoms with Crippen LogP contribution in [-0.2, 0) is 28.3 Å². The Morgan fingerprint density at radius 3 is 2.22 bits per heavy atom. The maximum absolute atomic E-state index is 12.2. The summed E-state index contributed by atoms with van der Waals surface area (Å²) in [5, 5.41) is 5.54. The second-order valence-electron chi connectivity index (χ2n) is 6.52. The molecule has 160 valence electrons. The normalized spacial score (nSPS) is 12.6. The van der Waals surface area contributed by atoms with Crippen LogP contribution in [0.1, 0.15) is 40.5 Å². The van der Waals surface area contributed by atoms with Gasteiger partial charge in [0.15, 0.2) is 0 Å². The summed E-state index contributed by atoms with van der Waals surface area (Å²) in [5.74, 6) is -0.347. The third-order valence-corrected chi connectivity index (χ3v) is 4.46. The number of rotatable bonds is 17. The van der Waals surface area contributed by atoms with Gasteiger partial charge in [-0.15, -0.1) is 0 Å². The molecule has 27 heavy (non-hydrogen) atoms. The molecule has 0 aliphatic carbocycles. The van der Waals surface area contributed by atoms with Crippen LogP contribution < -0.4 is 10.6 Å². The van der Waals surface area contributed by atoms with Crippen LogP contribution >= 0.6 is 8.15 Å². The van der Waals surface area contributed by atoms with Crippen molar-refractivity contribution in [2.75, 3.05) is 59.1 Å². The molecule has 0 aromatic rings. The average molecular weight is 408 g/mol. The molecule has 0 rings (SSSR count). The first-order chi connectivity index (χ1) is 12.8. The number of nitrogens with one attached hydrogen (secondary N) is 2. The molecule has 8 nitrogen and oxygen atoms in total. The zero-order valence-corrected chi connectivity index (χ0v) is 18.4. The first-order valence-corrected chi connectivity index (χ1v) is 11.4. The molecule has 0 bridgehead atoms. The molecule has 0 aromatic heterocycles. The summed E-state index contributed by atoms with van der Waals surface area (Å²) < 4.78 is 21.9. The SMILES string of the molecule is CCCNC(=O)COP(C)COC(C)(C)C(=O)NCCOCCOCCC. The third kappa shape index (κ3) is 14.9. The van der Waals surface area contributed by atoms with Crippen molar-refractivity contribution in [3.63, 3.8) is 0 Å².